The molecular formula is C21H24N4O4S2. The van der Waals surface area contributed by atoms with E-state index in [1.807, 2.05) is 36.4 Å². The van der Waals surface area contributed by atoms with Gasteiger partial charge in [-0.15, -0.1) is 11.3 Å². The van der Waals surface area contributed by atoms with Gasteiger partial charge >= 0.3 is 5.97 Å². The Morgan fingerprint density at radius 3 is 2.81 bits per heavy atom. The second-order valence-electron chi connectivity index (χ2n) is 7.33. The van der Waals surface area contributed by atoms with Crippen LogP contribution in [0.5, 0.6) is 0 Å². The molecule has 0 atom stereocenters. The van der Waals surface area contributed by atoms with Crippen molar-refractivity contribution in [1.82, 2.24) is 19.8 Å². The molecule has 0 radical (unpaired) electrons. The van der Waals surface area contributed by atoms with E-state index in [2.05, 4.69) is 19.8 Å². The van der Waals surface area contributed by atoms with Gasteiger partial charge in [0.2, 0.25) is 0 Å². The molecule has 1 aliphatic rings. The molecule has 0 unspecified atom stereocenters. The number of ether oxygens (including phenoxy) is 1. The average Bonchev–Trinajstić information content (AvgIpc) is 3.41. The number of carbonyl (C=O) groups excluding carboxylic acids is 1. The number of rotatable bonds is 8. The summed E-state index contributed by atoms with van der Waals surface area (Å²) in [5.41, 5.74) is 2.99. The summed E-state index contributed by atoms with van der Waals surface area (Å²) in [6, 6.07) is 11.6. The third-order valence-electron chi connectivity index (χ3n) is 5.24. The zero-order valence-corrected chi connectivity index (χ0v) is 18.8. The minimum atomic E-state index is -3.84. The van der Waals surface area contributed by atoms with Crippen LogP contribution in [0.4, 0.5) is 0 Å². The summed E-state index contributed by atoms with van der Waals surface area (Å²) in [6.45, 7) is 2.22. The monoisotopic (exact) mass is 460 g/mol. The average molecular weight is 461 g/mol. The van der Waals surface area contributed by atoms with Crippen LogP contribution in [-0.2, 0) is 40.7 Å². The van der Waals surface area contributed by atoms with Crippen molar-refractivity contribution in [3.05, 3.63) is 69.9 Å². The Kier molecular flexibility index (Phi) is 6.51. The first-order valence-electron chi connectivity index (χ1n) is 9.95. The fourth-order valence-corrected chi connectivity index (χ4v) is 6.72. The van der Waals surface area contributed by atoms with Gasteiger partial charge in [0.05, 0.1) is 12.7 Å². The third-order valence-corrected chi connectivity index (χ3v) is 8.43. The van der Waals surface area contributed by atoms with Crippen LogP contribution in [0.3, 0.4) is 0 Å². The van der Waals surface area contributed by atoms with Gasteiger partial charge in [0.1, 0.15) is 4.21 Å². The molecule has 4 rings (SSSR count). The molecule has 31 heavy (non-hydrogen) atoms. The molecule has 1 aliphatic heterocycles. The van der Waals surface area contributed by atoms with Crippen LogP contribution in [0.25, 0.3) is 0 Å². The molecule has 0 spiro atoms. The van der Waals surface area contributed by atoms with Gasteiger partial charge in [-0.3, -0.25) is 10.00 Å². The maximum atomic E-state index is 13.1. The van der Waals surface area contributed by atoms with Crippen LogP contribution in [0.1, 0.15) is 32.1 Å². The van der Waals surface area contributed by atoms with Crippen molar-refractivity contribution in [2.45, 2.75) is 30.1 Å². The molecule has 10 heteroatoms. The number of H-pyrrole nitrogens is 1. The molecule has 2 N–H and O–H groups in total. The molecule has 0 saturated heterocycles. The molecule has 0 bridgehead atoms. The number of methoxy groups -OCH3 is 1. The number of nitrogens with one attached hydrogen (secondary N) is 2. The summed E-state index contributed by atoms with van der Waals surface area (Å²) in [6.07, 6.45) is 2.86. The summed E-state index contributed by atoms with van der Waals surface area (Å²) in [5.74, 6) is -0.608. The highest BCUT2D eigenvalue weighted by molar-refractivity contribution is 7.91. The number of hydrogen-bond acceptors (Lipinski definition) is 7. The Balaban J connectivity index is 1.55. The minimum absolute atomic E-state index is 0.0424. The van der Waals surface area contributed by atoms with Crippen molar-refractivity contribution in [2.75, 3.05) is 20.2 Å². The highest BCUT2D eigenvalue weighted by Gasteiger charge is 2.33. The van der Waals surface area contributed by atoms with Crippen LogP contribution in [0, 0.1) is 0 Å². The number of aromatic amines is 1. The van der Waals surface area contributed by atoms with Crippen molar-refractivity contribution in [1.29, 1.82) is 0 Å². The summed E-state index contributed by atoms with van der Waals surface area (Å²) in [7, 11) is -2.57. The predicted molar refractivity (Wildman–Crippen MR) is 117 cm³/mol. The maximum Gasteiger partial charge on any atom is 0.340 e. The maximum absolute atomic E-state index is 13.1. The number of fused-ring (bicyclic) bond motifs is 1. The topological polar surface area (TPSA) is 104 Å². The fraction of sp³-hybridized carbons (Fsp3) is 0.333. The number of nitrogens with zero attached hydrogens (tertiary/aromatic N) is 2. The molecule has 0 fully saturated rings. The van der Waals surface area contributed by atoms with Crippen LogP contribution in [0.2, 0.25) is 0 Å². The van der Waals surface area contributed by atoms with Crippen molar-refractivity contribution in [3.8, 4) is 0 Å². The Hall–Kier alpha value is -2.53. The molecule has 2 aromatic heterocycles. The van der Waals surface area contributed by atoms with E-state index < -0.39 is 16.0 Å². The lowest BCUT2D eigenvalue weighted by Crippen LogP contribution is -2.30. The van der Waals surface area contributed by atoms with Gasteiger partial charge < -0.3 is 4.74 Å². The van der Waals surface area contributed by atoms with Crippen LogP contribution in [0.15, 0.2) is 46.8 Å². The van der Waals surface area contributed by atoms with E-state index in [1.54, 1.807) is 6.20 Å². The highest BCUT2D eigenvalue weighted by Crippen LogP contribution is 2.36. The van der Waals surface area contributed by atoms with E-state index in [-0.39, 0.29) is 16.3 Å². The molecule has 8 nitrogen and oxygen atoms in total. The molecule has 0 aliphatic carbocycles. The second-order valence-corrected chi connectivity index (χ2v) is 10.4. The van der Waals surface area contributed by atoms with Gasteiger partial charge in [0.15, 0.2) is 0 Å². The second kappa shape index (κ2) is 9.31. The van der Waals surface area contributed by atoms with Crippen molar-refractivity contribution in [3.63, 3.8) is 0 Å². The summed E-state index contributed by atoms with van der Waals surface area (Å²) in [4.78, 5) is 15.6. The first-order chi connectivity index (χ1) is 15.0. The van der Waals surface area contributed by atoms with Crippen molar-refractivity contribution >= 4 is 27.3 Å². The minimum Gasteiger partial charge on any atom is -0.465 e. The highest BCUT2D eigenvalue weighted by atomic mass is 32.2. The van der Waals surface area contributed by atoms with Crippen molar-refractivity contribution < 1.29 is 17.9 Å². The van der Waals surface area contributed by atoms with E-state index in [4.69, 9.17) is 4.74 Å². The van der Waals surface area contributed by atoms with Gasteiger partial charge in [-0.05, 0) is 30.0 Å². The molecule has 3 heterocycles. The zero-order chi connectivity index (χ0) is 21.8. The Labute approximate surface area is 185 Å². The molecular weight excluding hydrogens is 436 g/mol. The summed E-state index contributed by atoms with van der Waals surface area (Å²) < 4.78 is 33.8. The van der Waals surface area contributed by atoms with E-state index >= 15 is 0 Å². The van der Waals surface area contributed by atoms with Gasteiger partial charge in [0, 0.05) is 42.9 Å². The normalized spacial score (nSPS) is 14.4. The van der Waals surface area contributed by atoms with Gasteiger partial charge in [0.25, 0.3) is 10.0 Å². The van der Waals surface area contributed by atoms with Gasteiger partial charge in [-0.2, -0.15) is 5.10 Å². The first-order valence-corrected chi connectivity index (χ1v) is 12.2. The Bertz CT molecular complexity index is 1140. The van der Waals surface area contributed by atoms with Crippen LogP contribution >= 0.6 is 11.3 Å². The smallest absolute Gasteiger partial charge is 0.340 e. The molecule has 164 valence electrons. The molecule has 0 amide bonds. The van der Waals surface area contributed by atoms with Crippen molar-refractivity contribution in [2.24, 2.45) is 0 Å². The summed E-state index contributed by atoms with van der Waals surface area (Å²) >= 11 is 1.16. The standard InChI is InChI=1S/C21H24N4O4S2/c1-29-20(26)19-17-9-12-25(13-16-8-10-22-24-16)14-18(17)30-21(19)31(27,28)23-11-7-15-5-3-2-4-6-15/h2-6,8,10,23H,7,9,11-14H2,1H3,(H,22,24). The number of sulfonamides is 1. The number of esters is 1. The molecule has 1 aromatic carbocycles. The van der Waals surface area contributed by atoms with Crippen LogP contribution < -0.4 is 4.72 Å². The zero-order valence-electron chi connectivity index (χ0n) is 17.1. The lowest BCUT2D eigenvalue weighted by Gasteiger charge is -2.26. The van der Waals surface area contributed by atoms with Gasteiger partial charge in [-0.25, -0.2) is 17.9 Å². The third kappa shape index (κ3) is 4.87. The van der Waals surface area contributed by atoms with E-state index in [9.17, 15) is 13.2 Å². The number of benzene rings is 1. The van der Waals surface area contributed by atoms with E-state index in [0.717, 1.165) is 33.0 Å². The lowest BCUT2D eigenvalue weighted by molar-refractivity contribution is 0.0595. The summed E-state index contributed by atoms with van der Waals surface area (Å²) in [5, 5.41) is 6.91. The Morgan fingerprint density at radius 2 is 2.10 bits per heavy atom. The number of thiophene rings is 1. The van der Waals surface area contributed by atoms with E-state index in [0.29, 0.717) is 32.5 Å². The van der Waals surface area contributed by atoms with E-state index in [1.165, 1.54) is 7.11 Å². The molecule has 0 saturated carbocycles. The van der Waals surface area contributed by atoms with Gasteiger partial charge in [-0.1, -0.05) is 30.3 Å². The number of aromatic nitrogens is 2. The SMILES string of the molecule is COC(=O)c1c(S(=O)(=O)NCCc2ccccc2)sc2c1CCN(Cc1ccn[nH]1)C2. The fourth-order valence-electron chi connectivity index (χ4n) is 3.72. The number of carbonyl (C=O) groups is 1. The van der Waals surface area contributed by atoms with Crippen LogP contribution in [-0.4, -0.2) is 49.7 Å². The quantitative estimate of drug-likeness (QED) is 0.500. The largest absolute Gasteiger partial charge is 0.465 e. The lowest BCUT2D eigenvalue weighted by atomic mass is 10.0. The molecule has 3 aromatic rings. The first kappa shape index (κ1) is 21.7. The Morgan fingerprint density at radius 1 is 1.29 bits per heavy atom. The number of hydrogen-bond donors (Lipinski definition) is 2. The predicted octanol–water partition coefficient (Wildman–Crippen LogP) is 2.34.